The number of carbonyl (C=O) groups excluding carboxylic acids is 2. The number of halogens is 2. The van der Waals surface area contributed by atoms with E-state index in [-0.39, 0.29) is 30.8 Å². The lowest BCUT2D eigenvalue weighted by molar-refractivity contribution is -0.148. The standard InChI is InChI=1S/C9H15F2NO3S/c1-6(2)7(13)15-5-4-12-8(14)9(10,11)16-3/h6H,4-5H2,1-3H3,(H,12,14). The molecule has 0 spiro atoms. The quantitative estimate of drug-likeness (QED) is 0.573. The van der Waals surface area contributed by atoms with Crippen LogP contribution in [0.1, 0.15) is 13.8 Å². The van der Waals surface area contributed by atoms with Crippen molar-refractivity contribution >= 4 is 23.6 Å². The first-order valence-electron chi connectivity index (χ1n) is 4.69. The van der Waals surface area contributed by atoms with Crippen LogP contribution in [-0.4, -0.2) is 36.5 Å². The minimum absolute atomic E-state index is 0.104. The number of rotatable bonds is 6. The second kappa shape index (κ2) is 6.67. The summed E-state index contributed by atoms with van der Waals surface area (Å²) < 4.78 is 30.1. The Balaban J connectivity index is 3.76. The first-order valence-corrected chi connectivity index (χ1v) is 5.91. The highest BCUT2D eigenvalue weighted by Crippen LogP contribution is 2.25. The van der Waals surface area contributed by atoms with Crippen molar-refractivity contribution < 1.29 is 23.1 Å². The van der Waals surface area contributed by atoms with Crippen LogP contribution in [0.25, 0.3) is 0 Å². The molecule has 0 aromatic carbocycles. The number of ether oxygens (including phenoxy) is 1. The lowest BCUT2D eigenvalue weighted by atomic mass is 10.2. The Kier molecular flexibility index (Phi) is 6.32. The second-order valence-electron chi connectivity index (χ2n) is 3.30. The van der Waals surface area contributed by atoms with E-state index in [4.69, 9.17) is 4.74 Å². The van der Waals surface area contributed by atoms with Crippen LogP contribution < -0.4 is 5.32 Å². The van der Waals surface area contributed by atoms with Crippen molar-refractivity contribution in [3.8, 4) is 0 Å². The molecule has 1 N–H and O–H groups in total. The van der Waals surface area contributed by atoms with E-state index in [1.165, 1.54) is 0 Å². The minimum Gasteiger partial charge on any atom is -0.464 e. The number of hydrogen-bond donors (Lipinski definition) is 1. The van der Waals surface area contributed by atoms with Crippen LogP contribution in [0.4, 0.5) is 8.78 Å². The van der Waals surface area contributed by atoms with Gasteiger partial charge in [0.1, 0.15) is 6.61 Å². The summed E-state index contributed by atoms with van der Waals surface area (Å²) in [7, 11) is 0. The van der Waals surface area contributed by atoms with Gasteiger partial charge in [-0.25, -0.2) is 0 Å². The summed E-state index contributed by atoms with van der Waals surface area (Å²) in [6.07, 6.45) is 1.14. The van der Waals surface area contributed by atoms with E-state index >= 15 is 0 Å². The number of hydrogen-bond acceptors (Lipinski definition) is 4. The largest absolute Gasteiger partial charge is 0.464 e. The Morgan fingerprint density at radius 1 is 1.44 bits per heavy atom. The molecule has 0 aromatic heterocycles. The Morgan fingerprint density at radius 2 is 2.00 bits per heavy atom. The SMILES string of the molecule is CSC(F)(F)C(=O)NCCOC(=O)C(C)C. The lowest BCUT2D eigenvalue weighted by Crippen LogP contribution is -2.39. The molecule has 0 bridgehead atoms. The summed E-state index contributed by atoms with van der Waals surface area (Å²) >= 11 is 0.151. The fourth-order valence-electron chi connectivity index (χ4n) is 0.678. The summed E-state index contributed by atoms with van der Waals surface area (Å²) in [5.41, 5.74) is 0. The summed E-state index contributed by atoms with van der Waals surface area (Å²) in [4.78, 5) is 21.8. The van der Waals surface area contributed by atoms with Crippen molar-refractivity contribution in [3.63, 3.8) is 0 Å². The van der Waals surface area contributed by atoms with Crippen molar-refractivity contribution in [1.29, 1.82) is 0 Å². The molecule has 0 heterocycles. The molecule has 0 saturated heterocycles. The van der Waals surface area contributed by atoms with Crippen molar-refractivity contribution in [2.45, 2.75) is 19.1 Å². The van der Waals surface area contributed by atoms with E-state index in [2.05, 4.69) is 0 Å². The average molecular weight is 255 g/mol. The normalized spacial score (nSPS) is 11.4. The van der Waals surface area contributed by atoms with E-state index in [1.807, 2.05) is 5.32 Å². The molecule has 94 valence electrons. The molecule has 0 radical (unpaired) electrons. The van der Waals surface area contributed by atoms with Crippen LogP contribution >= 0.6 is 11.8 Å². The predicted molar refractivity (Wildman–Crippen MR) is 57.3 cm³/mol. The van der Waals surface area contributed by atoms with Crippen LogP contribution in [0, 0.1) is 5.92 Å². The molecular formula is C9H15F2NO3S. The Morgan fingerprint density at radius 3 is 2.44 bits per heavy atom. The number of amides is 1. The van der Waals surface area contributed by atoms with Crippen LogP contribution in [-0.2, 0) is 14.3 Å². The van der Waals surface area contributed by atoms with Crippen LogP contribution in [0.15, 0.2) is 0 Å². The first-order chi connectivity index (χ1) is 7.31. The summed E-state index contributed by atoms with van der Waals surface area (Å²) in [5.74, 6) is -2.07. The highest BCUT2D eigenvalue weighted by molar-refractivity contribution is 8.00. The maximum atomic E-state index is 12.7. The van der Waals surface area contributed by atoms with Crippen LogP contribution in [0.2, 0.25) is 0 Å². The number of thioether (sulfide) groups is 1. The molecule has 7 heteroatoms. The second-order valence-corrected chi connectivity index (χ2v) is 4.22. The highest BCUT2D eigenvalue weighted by atomic mass is 32.2. The van der Waals surface area contributed by atoms with E-state index in [0.717, 1.165) is 6.26 Å². The van der Waals surface area contributed by atoms with Gasteiger partial charge >= 0.3 is 17.1 Å². The Bertz CT molecular complexity index is 259. The van der Waals surface area contributed by atoms with Gasteiger partial charge in [0.05, 0.1) is 12.5 Å². The molecule has 0 aromatic rings. The zero-order chi connectivity index (χ0) is 12.8. The fraction of sp³-hybridized carbons (Fsp3) is 0.778. The Labute approximate surface area is 97.1 Å². The first kappa shape index (κ1) is 15.2. The third-order valence-electron chi connectivity index (χ3n) is 1.62. The zero-order valence-corrected chi connectivity index (χ0v) is 10.2. The molecular weight excluding hydrogens is 240 g/mol. The van der Waals surface area contributed by atoms with Crippen LogP contribution in [0.3, 0.4) is 0 Å². The third kappa shape index (κ3) is 5.29. The molecule has 0 fully saturated rings. The molecule has 0 saturated carbocycles. The van der Waals surface area contributed by atoms with E-state index in [9.17, 15) is 18.4 Å². The van der Waals surface area contributed by atoms with Crippen molar-refractivity contribution in [2.75, 3.05) is 19.4 Å². The van der Waals surface area contributed by atoms with Gasteiger partial charge in [-0.1, -0.05) is 25.6 Å². The third-order valence-corrected chi connectivity index (χ3v) is 2.32. The van der Waals surface area contributed by atoms with Gasteiger partial charge in [-0.05, 0) is 6.26 Å². The van der Waals surface area contributed by atoms with Gasteiger partial charge < -0.3 is 10.1 Å². The average Bonchev–Trinajstić information content (AvgIpc) is 2.23. The molecule has 0 aliphatic heterocycles. The predicted octanol–water partition coefficient (Wildman–Crippen LogP) is 1.26. The van der Waals surface area contributed by atoms with Crippen molar-refractivity contribution in [1.82, 2.24) is 5.32 Å². The number of nitrogens with one attached hydrogen (secondary N) is 1. The molecule has 0 aliphatic rings. The molecule has 0 atom stereocenters. The van der Waals surface area contributed by atoms with E-state index < -0.39 is 17.1 Å². The van der Waals surface area contributed by atoms with Gasteiger partial charge in [0.15, 0.2) is 0 Å². The molecule has 0 rings (SSSR count). The monoisotopic (exact) mass is 255 g/mol. The molecule has 1 amide bonds. The lowest BCUT2D eigenvalue weighted by Gasteiger charge is -2.13. The number of alkyl halides is 2. The summed E-state index contributed by atoms with van der Waals surface area (Å²) in [6.45, 7) is 3.09. The molecule has 4 nitrogen and oxygen atoms in total. The maximum absolute atomic E-state index is 12.7. The van der Waals surface area contributed by atoms with Gasteiger partial charge in [-0.3, -0.25) is 9.59 Å². The summed E-state index contributed by atoms with van der Waals surface area (Å²) in [5, 5.41) is -1.46. The van der Waals surface area contributed by atoms with Gasteiger partial charge in [-0.2, -0.15) is 8.78 Å². The van der Waals surface area contributed by atoms with Crippen molar-refractivity contribution in [2.24, 2.45) is 5.92 Å². The molecule has 16 heavy (non-hydrogen) atoms. The molecule has 0 aliphatic carbocycles. The van der Waals surface area contributed by atoms with Gasteiger partial charge in [-0.15, -0.1) is 0 Å². The number of esters is 1. The summed E-state index contributed by atoms with van der Waals surface area (Å²) in [6, 6.07) is 0. The van der Waals surface area contributed by atoms with E-state index in [0.29, 0.717) is 0 Å². The fourth-order valence-corrected chi connectivity index (χ4v) is 0.936. The smallest absolute Gasteiger partial charge is 0.370 e. The van der Waals surface area contributed by atoms with Crippen LogP contribution in [0.5, 0.6) is 0 Å². The minimum atomic E-state index is -3.44. The number of carbonyl (C=O) groups is 2. The Hall–Kier alpha value is -0.850. The maximum Gasteiger partial charge on any atom is 0.370 e. The topological polar surface area (TPSA) is 55.4 Å². The molecule has 0 unspecified atom stereocenters. The van der Waals surface area contributed by atoms with Gasteiger partial charge in [0, 0.05) is 0 Å². The van der Waals surface area contributed by atoms with Gasteiger partial charge in [0.25, 0.3) is 0 Å². The van der Waals surface area contributed by atoms with Crippen molar-refractivity contribution in [3.05, 3.63) is 0 Å². The zero-order valence-electron chi connectivity index (χ0n) is 9.38. The highest BCUT2D eigenvalue weighted by Gasteiger charge is 2.37. The van der Waals surface area contributed by atoms with Gasteiger partial charge in [0.2, 0.25) is 0 Å². The van der Waals surface area contributed by atoms with E-state index in [1.54, 1.807) is 13.8 Å².